The minimum Gasteiger partial charge on any atom is -0.454 e. The molecule has 0 saturated carbocycles. The Balaban J connectivity index is 1.53. The highest BCUT2D eigenvalue weighted by Gasteiger charge is 2.25. The first-order chi connectivity index (χ1) is 14.8. The van der Waals surface area contributed by atoms with Gasteiger partial charge in [0.05, 0.1) is 11.3 Å². The normalized spacial score (nSPS) is 12.5. The minimum absolute atomic E-state index is 0.0106. The molecule has 1 aliphatic heterocycles. The van der Waals surface area contributed by atoms with E-state index in [0.717, 1.165) is 23.8 Å². The summed E-state index contributed by atoms with van der Waals surface area (Å²) in [5, 5.41) is 2.68. The second kappa shape index (κ2) is 8.23. The minimum atomic E-state index is -4.62. The molecular formula is C21H16F2N2O5S. The van der Waals surface area contributed by atoms with Crippen LogP contribution in [-0.2, 0) is 16.6 Å². The van der Waals surface area contributed by atoms with Gasteiger partial charge in [-0.2, -0.15) is 0 Å². The molecule has 2 N–H and O–H groups in total. The molecule has 0 saturated heterocycles. The maximum absolute atomic E-state index is 14.0. The lowest BCUT2D eigenvalue weighted by molar-refractivity contribution is 0.0951. The number of fused-ring (bicyclic) bond motifs is 1. The number of ether oxygens (including phenoxy) is 2. The van der Waals surface area contributed by atoms with Crippen LogP contribution in [0.5, 0.6) is 11.5 Å². The fourth-order valence-corrected chi connectivity index (χ4v) is 4.25. The highest BCUT2D eigenvalue weighted by Crippen LogP contribution is 2.32. The molecule has 3 aromatic rings. The molecule has 3 aromatic carbocycles. The molecule has 1 aliphatic rings. The van der Waals surface area contributed by atoms with Crippen molar-refractivity contribution in [3.05, 3.63) is 83.4 Å². The zero-order valence-electron chi connectivity index (χ0n) is 15.9. The molecule has 0 aliphatic carbocycles. The largest absolute Gasteiger partial charge is 0.454 e. The summed E-state index contributed by atoms with van der Waals surface area (Å²) in [6, 6.07) is 13.7. The summed E-state index contributed by atoms with van der Waals surface area (Å²) in [5.41, 5.74) is 0.612. The highest BCUT2D eigenvalue weighted by atomic mass is 32.2. The predicted octanol–water partition coefficient (Wildman–Crippen LogP) is 3.42. The third-order valence-electron chi connectivity index (χ3n) is 4.49. The number of sulfonamides is 1. The second-order valence-electron chi connectivity index (χ2n) is 6.57. The third-order valence-corrected chi connectivity index (χ3v) is 5.91. The number of anilines is 1. The van der Waals surface area contributed by atoms with Crippen molar-refractivity contribution >= 4 is 21.6 Å². The van der Waals surface area contributed by atoms with Crippen molar-refractivity contribution in [2.45, 2.75) is 11.4 Å². The average molecular weight is 446 g/mol. The SMILES string of the molecule is O=C(NCc1ccc2c(c1)OCO2)c1ccccc1NS(=O)(=O)c1c(F)cccc1F. The Kier molecular flexibility index (Phi) is 5.47. The van der Waals surface area contributed by atoms with Gasteiger partial charge in [-0.3, -0.25) is 9.52 Å². The summed E-state index contributed by atoms with van der Waals surface area (Å²) in [5.74, 6) is -1.89. The van der Waals surface area contributed by atoms with E-state index in [4.69, 9.17) is 9.47 Å². The topological polar surface area (TPSA) is 93.7 Å². The van der Waals surface area contributed by atoms with Crippen LogP contribution in [-0.4, -0.2) is 21.1 Å². The number of benzene rings is 3. The highest BCUT2D eigenvalue weighted by molar-refractivity contribution is 7.92. The van der Waals surface area contributed by atoms with E-state index in [0.29, 0.717) is 11.5 Å². The van der Waals surface area contributed by atoms with Gasteiger partial charge < -0.3 is 14.8 Å². The molecule has 7 nitrogen and oxygen atoms in total. The number of para-hydroxylation sites is 1. The van der Waals surface area contributed by atoms with Gasteiger partial charge in [-0.1, -0.05) is 24.3 Å². The van der Waals surface area contributed by atoms with Crippen LogP contribution in [0.2, 0.25) is 0 Å². The lowest BCUT2D eigenvalue weighted by Crippen LogP contribution is -2.25. The van der Waals surface area contributed by atoms with E-state index in [9.17, 15) is 22.0 Å². The first kappa shape index (κ1) is 20.6. The number of hydrogen-bond donors (Lipinski definition) is 2. The molecule has 31 heavy (non-hydrogen) atoms. The standard InChI is InChI=1S/C21H16F2N2O5S/c22-15-5-3-6-16(23)20(15)31(27,28)25-17-7-2-1-4-14(17)21(26)24-11-13-8-9-18-19(10-13)30-12-29-18/h1-10,25H,11-12H2,(H,24,26). The number of rotatable bonds is 6. The number of hydrogen-bond acceptors (Lipinski definition) is 5. The molecule has 0 bridgehead atoms. The van der Waals surface area contributed by atoms with Gasteiger partial charge in [0.15, 0.2) is 16.4 Å². The molecule has 0 radical (unpaired) electrons. The fourth-order valence-electron chi connectivity index (χ4n) is 3.03. The summed E-state index contributed by atoms with van der Waals surface area (Å²) in [6.07, 6.45) is 0. The lowest BCUT2D eigenvalue weighted by atomic mass is 10.1. The van der Waals surface area contributed by atoms with Crippen LogP contribution in [0.3, 0.4) is 0 Å². The first-order valence-electron chi connectivity index (χ1n) is 9.08. The van der Waals surface area contributed by atoms with Crippen LogP contribution in [0.15, 0.2) is 65.6 Å². The van der Waals surface area contributed by atoms with Gasteiger partial charge in [-0.05, 0) is 42.0 Å². The van der Waals surface area contributed by atoms with Crippen molar-refractivity contribution < 1.29 is 31.5 Å². The number of nitrogens with one attached hydrogen (secondary N) is 2. The number of carbonyl (C=O) groups excluding carboxylic acids is 1. The maximum atomic E-state index is 14.0. The van der Waals surface area contributed by atoms with Crippen LogP contribution in [0.25, 0.3) is 0 Å². The van der Waals surface area contributed by atoms with Gasteiger partial charge >= 0.3 is 0 Å². The van der Waals surface area contributed by atoms with Crippen LogP contribution in [0.4, 0.5) is 14.5 Å². The van der Waals surface area contributed by atoms with E-state index in [1.807, 2.05) is 0 Å². The Hall–Kier alpha value is -3.66. The van der Waals surface area contributed by atoms with Crippen molar-refractivity contribution in [1.29, 1.82) is 0 Å². The summed E-state index contributed by atoms with van der Waals surface area (Å²) in [6.45, 7) is 0.264. The van der Waals surface area contributed by atoms with E-state index in [1.165, 1.54) is 24.3 Å². The second-order valence-corrected chi connectivity index (χ2v) is 8.19. The summed E-state index contributed by atoms with van der Waals surface area (Å²) < 4.78 is 65.6. The molecule has 0 atom stereocenters. The van der Waals surface area contributed by atoms with E-state index in [-0.39, 0.29) is 24.6 Å². The van der Waals surface area contributed by atoms with Crippen molar-refractivity contribution in [2.24, 2.45) is 0 Å². The van der Waals surface area contributed by atoms with Crippen molar-refractivity contribution in [3.8, 4) is 11.5 Å². The number of amides is 1. The monoisotopic (exact) mass is 446 g/mol. The Morgan fingerprint density at radius 2 is 1.65 bits per heavy atom. The van der Waals surface area contributed by atoms with Crippen molar-refractivity contribution in [3.63, 3.8) is 0 Å². The molecule has 1 amide bonds. The summed E-state index contributed by atoms with van der Waals surface area (Å²) in [4.78, 5) is 11.6. The Morgan fingerprint density at radius 1 is 0.935 bits per heavy atom. The van der Waals surface area contributed by atoms with Crippen LogP contribution in [0, 0.1) is 11.6 Å². The van der Waals surface area contributed by atoms with Crippen LogP contribution >= 0.6 is 0 Å². The van der Waals surface area contributed by atoms with Crippen LogP contribution < -0.4 is 19.5 Å². The smallest absolute Gasteiger partial charge is 0.267 e. The molecule has 0 unspecified atom stereocenters. The molecule has 10 heteroatoms. The van der Waals surface area contributed by atoms with Crippen molar-refractivity contribution in [1.82, 2.24) is 5.32 Å². The van der Waals surface area contributed by atoms with E-state index < -0.39 is 32.5 Å². The number of carbonyl (C=O) groups is 1. The van der Waals surface area contributed by atoms with Crippen LogP contribution in [0.1, 0.15) is 15.9 Å². The van der Waals surface area contributed by atoms with Gasteiger partial charge in [0.25, 0.3) is 15.9 Å². The molecule has 0 fully saturated rings. The maximum Gasteiger partial charge on any atom is 0.267 e. The zero-order valence-corrected chi connectivity index (χ0v) is 16.7. The molecule has 0 aromatic heterocycles. The van der Waals surface area contributed by atoms with E-state index >= 15 is 0 Å². The van der Waals surface area contributed by atoms with E-state index in [2.05, 4.69) is 10.0 Å². The first-order valence-corrected chi connectivity index (χ1v) is 10.6. The van der Waals surface area contributed by atoms with Gasteiger partial charge in [0.2, 0.25) is 6.79 Å². The quantitative estimate of drug-likeness (QED) is 0.605. The third kappa shape index (κ3) is 4.29. The molecule has 1 heterocycles. The molecule has 0 spiro atoms. The molecule has 4 rings (SSSR count). The Labute approximate surface area is 176 Å². The Bertz CT molecular complexity index is 1240. The average Bonchev–Trinajstić information content (AvgIpc) is 3.19. The van der Waals surface area contributed by atoms with Crippen molar-refractivity contribution in [2.75, 3.05) is 11.5 Å². The van der Waals surface area contributed by atoms with Gasteiger partial charge in [0, 0.05) is 6.54 Å². The number of halogens is 2. The fraction of sp³-hybridized carbons (Fsp3) is 0.0952. The lowest BCUT2D eigenvalue weighted by Gasteiger charge is -2.13. The van der Waals surface area contributed by atoms with E-state index in [1.54, 1.807) is 18.2 Å². The molecule has 160 valence electrons. The van der Waals surface area contributed by atoms with Gasteiger partial charge in [-0.15, -0.1) is 0 Å². The summed E-state index contributed by atoms with van der Waals surface area (Å²) in [7, 11) is -4.62. The Morgan fingerprint density at radius 3 is 2.42 bits per heavy atom. The summed E-state index contributed by atoms with van der Waals surface area (Å²) >= 11 is 0. The molecular weight excluding hydrogens is 430 g/mol. The predicted molar refractivity (Wildman–Crippen MR) is 107 cm³/mol. The van der Waals surface area contributed by atoms with Gasteiger partial charge in [-0.25, -0.2) is 17.2 Å². The zero-order chi connectivity index (χ0) is 22.0. The van der Waals surface area contributed by atoms with Gasteiger partial charge in [0.1, 0.15) is 11.6 Å².